The monoisotopic (exact) mass is 568 g/mol. The number of fused-ring (bicyclic) bond motifs is 1. The molecule has 1 aliphatic heterocycles. The summed E-state index contributed by atoms with van der Waals surface area (Å²) in [6, 6.07) is 0. The van der Waals surface area contributed by atoms with E-state index >= 15 is 0 Å². The summed E-state index contributed by atoms with van der Waals surface area (Å²) in [5.74, 6) is 1.59. The number of hydrogen-bond acceptors (Lipinski definition) is 2. The Kier molecular flexibility index (Phi) is 11.3. The van der Waals surface area contributed by atoms with Crippen molar-refractivity contribution >= 4 is 0 Å². The molecular formula is C40H56O2. The zero-order chi connectivity index (χ0) is 31.1. The molecule has 0 radical (unpaired) electrons. The third-order valence-corrected chi connectivity index (χ3v) is 9.20. The third kappa shape index (κ3) is 9.08. The van der Waals surface area contributed by atoms with Crippen molar-refractivity contribution in [1.82, 2.24) is 0 Å². The van der Waals surface area contributed by atoms with Crippen LogP contribution in [-0.2, 0) is 4.74 Å². The van der Waals surface area contributed by atoms with Crippen LogP contribution in [0.1, 0.15) is 101 Å². The van der Waals surface area contributed by atoms with Gasteiger partial charge in [-0.05, 0) is 87.9 Å². The number of ether oxygens (including phenoxy) is 1. The van der Waals surface area contributed by atoms with Crippen LogP contribution in [0.3, 0.4) is 0 Å². The first-order chi connectivity index (χ1) is 19.6. The van der Waals surface area contributed by atoms with Crippen molar-refractivity contribution < 1.29 is 9.84 Å². The van der Waals surface area contributed by atoms with Gasteiger partial charge in [0.1, 0.15) is 11.4 Å². The van der Waals surface area contributed by atoms with E-state index in [1.54, 1.807) is 5.57 Å². The summed E-state index contributed by atoms with van der Waals surface area (Å²) in [5, 5.41) is 10.4. The highest BCUT2D eigenvalue weighted by Gasteiger charge is 2.50. The molecule has 0 bridgehead atoms. The number of aliphatic hydroxyl groups excluding tert-OH is 1. The normalized spacial score (nSPS) is 31.0. The minimum absolute atomic E-state index is 0.0600. The molecule has 0 saturated heterocycles. The summed E-state index contributed by atoms with van der Waals surface area (Å²) in [4.78, 5) is 0. The van der Waals surface area contributed by atoms with Crippen LogP contribution in [0.25, 0.3) is 0 Å². The summed E-state index contributed by atoms with van der Waals surface area (Å²) in [5.41, 5.74) is 7.49. The van der Waals surface area contributed by atoms with Crippen molar-refractivity contribution in [2.75, 3.05) is 0 Å². The highest BCUT2D eigenvalue weighted by Crippen LogP contribution is 2.52. The van der Waals surface area contributed by atoms with Gasteiger partial charge < -0.3 is 9.84 Å². The van der Waals surface area contributed by atoms with E-state index in [0.717, 1.165) is 17.8 Å². The zero-order valence-corrected chi connectivity index (χ0v) is 28.1. The Balaban J connectivity index is 1.54. The van der Waals surface area contributed by atoms with E-state index in [1.807, 2.05) is 0 Å². The highest BCUT2D eigenvalue weighted by molar-refractivity contribution is 5.43. The van der Waals surface area contributed by atoms with Crippen LogP contribution in [0.2, 0.25) is 0 Å². The molecule has 1 N–H and O–H groups in total. The predicted molar refractivity (Wildman–Crippen MR) is 182 cm³/mol. The molecule has 2 fully saturated rings. The molecule has 3 atom stereocenters. The largest absolute Gasteiger partial charge is 0.483 e. The van der Waals surface area contributed by atoms with Gasteiger partial charge in [0.05, 0.1) is 6.10 Å². The van der Waals surface area contributed by atoms with Crippen LogP contribution in [0.4, 0.5) is 0 Å². The molecule has 42 heavy (non-hydrogen) atoms. The summed E-state index contributed by atoms with van der Waals surface area (Å²) >= 11 is 0. The Hall–Kier alpha value is -2.84. The van der Waals surface area contributed by atoms with Crippen LogP contribution in [0.5, 0.6) is 0 Å². The summed E-state index contributed by atoms with van der Waals surface area (Å²) in [6.07, 6.45) is 33.1. The highest BCUT2D eigenvalue weighted by atomic mass is 16.5. The maximum absolute atomic E-state index is 10.4. The standard InChI is InChI=1S/C40H56O2/c1-29(18-13-19-31(3)23-24-35-32(4)22-15-25-38(35,6)7)16-11-12-17-30(2)20-14-21-33(5)36-26-37-39(8,9)27-34(41)28-40(37,10)42-36/h11-14,16-21,23-24,26,32,34,41H,15,22,25,27-28H2,1-10H3/b16-11+,17-12+,19-13+,21-14+,29-18+,30-20+,31-23+,35-24+,36-33-. The molecule has 3 rings (SSSR count). The van der Waals surface area contributed by atoms with Crippen LogP contribution < -0.4 is 0 Å². The molecular weight excluding hydrogens is 512 g/mol. The maximum Gasteiger partial charge on any atom is 0.131 e. The number of rotatable bonds is 8. The first-order valence-corrected chi connectivity index (χ1v) is 15.9. The van der Waals surface area contributed by atoms with Gasteiger partial charge >= 0.3 is 0 Å². The molecule has 0 aromatic rings. The minimum Gasteiger partial charge on any atom is -0.483 e. The van der Waals surface area contributed by atoms with Crippen LogP contribution in [0, 0.1) is 16.7 Å². The molecule has 0 aromatic heterocycles. The van der Waals surface area contributed by atoms with Gasteiger partial charge in [-0.1, -0.05) is 136 Å². The van der Waals surface area contributed by atoms with Crippen molar-refractivity contribution in [3.05, 3.63) is 118 Å². The lowest BCUT2D eigenvalue weighted by Gasteiger charge is -2.44. The average molecular weight is 569 g/mol. The SMILES string of the molecule is CC(/C=C/C=C(C)/C=C/C=C/C(C)=C/C=C/C(C)=C/C=C1\C(C)CCCC1(C)C)=C1\C=C2C(C)(C)CC(O)CC2(C)O1. The quantitative estimate of drug-likeness (QED) is 0.295. The van der Waals surface area contributed by atoms with Gasteiger partial charge in [-0.2, -0.15) is 0 Å². The van der Waals surface area contributed by atoms with E-state index in [4.69, 9.17) is 4.74 Å². The van der Waals surface area contributed by atoms with E-state index in [1.165, 1.54) is 41.6 Å². The molecule has 2 saturated carbocycles. The van der Waals surface area contributed by atoms with Gasteiger partial charge in [0.15, 0.2) is 0 Å². The summed E-state index contributed by atoms with van der Waals surface area (Å²) in [6.45, 7) is 22.2. The Bertz CT molecular complexity index is 1290. The van der Waals surface area contributed by atoms with Crippen molar-refractivity contribution in [2.24, 2.45) is 16.7 Å². The molecule has 3 aliphatic rings. The maximum atomic E-state index is 10.4. The Labute approximate surface area is 257 Å². The van der Waals surface area contributed by atoms with Crippen LogP contribution in [-0.4, -0.2) is 16.8 Å². The van der Waals surface area contributed by atoms with Gasteiger partial charge in [0, 0.05) is 6.42 Å². The van der Waals surface area contributed by atoms with E-state index in [0.29, 0.717) is 17.8 Å². The second-order valence-electron chi connectivity index (χ2n) is 14.4. The average Bonchev–Trinajstić information content (AvgIpc) is 3.23. The molecule has 0 amide bonds. The number of allylic oxidation sites excluding steroid dienone is 18. The molecule has 3 unspecified atom stereocenters. The lowest BCUT2D eigenvalue weighted by Crippen LogP contribution is -2.44. The fourth-order valence-electron chi connectivity index (χ4n) is 6.88. The van der Waals surface area contributed by atoms with Crippen molar-refractivity contribution in [1.29, 1.82) is 0 Å². The molecule has 2 aliphatic carbocycles. The van der Waals surface area contributed by atoms with Gasteiger partial charge in [0.25, 0.3) is 0 Å². The number of hydrogen-bond donors (Lipinski definition) is 1. The molecule has 0 spiro atoms. The molecule has 228 valence electrons. The van der Waals surface area contributed by atoms with Gasteiger partial charge in [-0.3, -0.25) is 0 Å². The van der Waals surface area contributed by atoms with Crippen molar-refractivity contribution in [2.45, 2.75) is 113 Å². The van der Waals surface area contributed by atoms with E-state index < -0.39 is 5.60 Å². The van der Waals surface area contributed by atoms with E-state index in [2.05, 4.69) is 148 Å². The lowest BCUT2D eigenvalue weighted by molar-refractivity contribution is -0.0305. The fraction of sp³-hybridized carbons (Fsp3) is 0.500. The zero-order valence-electron chi connectivity index (χ0n) is 28.1. The van der Waals surface area contributed by atoms with Crippen LogP contribution in [0.15, 0.2) is 118 Å². The fourth-order valence-corrected chi connectivity index (χ4v) is 6.88. The summed E-state index contributed by atoms with van der Waals surface area (Å²) < 4.78 is 6.39. The second kappa shape index (κ2) is 14.1. The molecule has 2 heteroatoms. The van der Waals surface area contributed by atoms with Crippen molar-refractivity contribution in [3.63, 3.8) is 0 Å². The second-order valence-corrected chi connectivity index (χ2v) is 14.4. The van der Waals surface area contributed by atoms with E-state index in [9.17, 15) is 5.11 Å². The predicted octanol–water partition coefficient (Wildman–Crippen LogP) is 11.0. The van der Waals surface area contributed by atoms with Gasteiger partial charge in [-0.15, -0.1) is 0 Å². The summed E-state index contributed by atoms with van der Waals surface area (Å²) in [7, 11) is 0. The van der Waals surface area contributed by atoms with E-state index in [-0.39, 0.29) is 11.5 Å². The first kappa shape index (κ1) is 33.7. The van der Waals surface area contributed by atoms with Crippen LogP contribution >= 0.6 is 0 Å². The smallest absolute Gasteiger partial charge is 0.131 e. The van der Waals surface area contributed by atoms with Crippen molar-refractivity contribution in [3.8, 4) is 0 Å². The Morgan fingerprint density at radius 2 is 1.36 bits per heavy atom. The van der Waals surface area contributed by atoms with Gasteiger partial charge in [0.2, 0.25) is 0 Å². The molecule has 0 aromatic carbocycles. The molecule has 2 nitrogen and oxygen atoms in total. The Morgan fingerprint density at radius 1 is 0.786 bits per heavy atom. The first-order valence-electron chi connectivity index (χ1n) is 15.9. The Morgan fingerprint density at radius 3 is 1.98 bits per heavy atom. The third-order valence-electron chi connectivity index (χ3n) is 9.20. The molecule has 1 heterocycles. The number of aliphatic hydroxyl groups is 1. The minimum atomic E-state index is -0.410. The lowest BCUT2D eigenvalue weighted by atomic mass is 9.65. The topological polar surface area (TPSA) is 29.5 Å². The van der Waals surface area contributed by atoms with Gasteiger partial charge in [-0.25, -0.2) is 0 Å².